The zero-order valence-corrected chi connectivity index (χ0v) is 17.0. The minimum absolute atomic E-state index is 0. The molecule has 150 valence electrons. The Morgan fingerprint density at radius 2 is 1.78 bits per heavy atom. The van der Waals surface area contributed by atoms with E-state index >= 15 is 0 Å². The molecule has 2 heterocycles. The van der Waals surface area contributed by atoms with Crippen LogP contribution in [0.15, 0.2) is 30.3 Å². The molecule has 0 aromatic heterocycles. The first-order chi connectivity index (χ1) is 12.7. The van der Waals surface area contributed by atoms with Crippen molar-refractivity contribution in [2.75, 3.05) is 32.7 Å². The fourth-order valence-corrected chi connectivity index (χ4v) is 4.11. The van der Waals surface area contributed by atoms with Crippen LogP contribution in [0.25, 0.3) is 0 Å². The SMILES string of the molecule is CCNCC1CCN(C(=O)C2CCCN2C(=O)Cc2ccccc2)CC1.Cl. The lowest BCUT2D eigenvalue weighted by Crippen LogP contribution is -2.50. The molecule has 1 aromatic carbocycles. The molecule has 5 nitrogen and oxygen atoms in total. The molecule has 2 aliphatic heterocycles. The summed E-state index contributed by atoms with van der Waals surface area (Å²) in [5.74, 6) is 0.901. The summed E-state index contributed by atoms with van der Waals surface area (Å²) in [6.07, 6.45) is 4.23. The number of carbonyl (C=O) groups excluding carboxylic acids is 2. The summed E-state index contributed by atoms with van der Waals surface area (Å²) in [7, 11) is 0. The summed E-state index contributed by atoms with van der Waals surface area (Å²) in [5.41, 5.74) is 1.01. The van der Waals surface area contributed by atoms with E-state index in [9.17, 15) is 9.59 Å². The Kier molecular flexibility index (Phi) is 8.58. The second-order valence-corrected chi connectivity index (χ2v) is 7.48. The van der Waals surface area contributed by atoms with E-state index in [1.165, 1.54) is 0 Å². The number of benzene rings is 1. The summed E-state index contributed by atoms with van der Waals surface area (Å²) in [4.78, 5) is 29.5. The maximum absolute atomic E-state index is 13.0. The van der Waals surface area contributed by atoms with Crippen LogP contribution in [0.4, 0.5) is 0 Å². The van der Waals surface area contributed by atoms with Crippen molar-refractivity contribution in [1.82, 2.24) is 15.1 Å². The van der Waals surface area contributed by atoms with Crippen LogP contribution in [0.3, 0.4) is 0 Å². The van der Waals surface area contributed by atoms with Crippen LogP contribution in [0.5, 0.6) is 0 Å². The van der Waals surface area contributed by atoms with Crippen LogP contribution in [-0.2, 0) is 16.0 Å². The number of amides is 2. The number of hydrogen-bond acceptors (Lipinski definition) is 3. The van der Waals surface area contributed by atoms with E-state index in [1.807, 2.05) is 40.1 Å². The maximum atomic E-state index is 13.0. The molecule has 1 atom stereocenters. The molecule has 1 unspecified atom stereocenters. The number of nitrogens with zero attached hydrogens (tertiary/aromatic N) is 2. The first kappa shape index (κ1) is 21.7. The summed E-state index contributed by atoms with van der Waals surface area (Å²) >= 11 is 0. The average molecular weight is 394 g/mol. The first-order valence-electron chi connectivity index (χ1n) is 10.0. The molecule has 0 spiro atoms. The molecule has 0 bridgehead atoms. The van der Waals surface area contributed by atoms with Gasteiger partial charge in [0.05, 0.1) is 6.42 Å². The topological polar surface area (TPSA) is 52.7 Å². The van der Waals surface area contributed by atoms with Crippen molar-refractivity contribution in [2.45, 2.75) is 45.1 Å². The lowest BCUT2D eigenvalue weighted by atomic mass is 9.96. The molecular formula is C21H32ClN3O2. The quantitative estimate of drug-likeness (QED) is 0.807. The fraction of sp³-hybridized carbons (Fsp3) is 0.619. The third-order valence-corrected chi connectivity index (χ3v) is 5.67. The van der Waals surface area contributed by atoms with Gasteiger partial charge < -0.3 is 15.1 Å². The zero-order chi connectivity index (χ0) is 18.4. The lowest BCUT2D eigenvalue weighted by molar-refractivity contribution is -0.144. The second kappa shape index (κ2) is 10.7. The van der Waals surface area contributed by atoms with Gasteiger partial charge in [-0.15, -0.1) is 12.4 Å². The van der Waals surface area contributed by atoms with Gasteiger partial charge in [-0.1, -0.05) is 37.3 Å². The molecular weight excluding hydrogens is 362 g/mol. The van der Waals surface area contributed by atoms with Crippen molar-refractivity contribution in [2.24, 2.45) is 5.92 Å². The number of rotatable bonds is 6. The van der Waals surface area contributed by atoms with Gasteiger partial charge in [-0.2, -0.15) is 0 Å². The van der Waals surface area contributed by atoms with E-state index in [4.69, 9.17) is 0 Å². The van der Waals surface area contributed by atoms with Gasteiger partial charge in [0.2, 0.25) is 11.8 Å². The Balaban J connectivity index is 0.00000261. The minimum atomic E-state index is -0.253. The number of likely N-dealkylation sites (tertiary alicyclic amines) is 2. The van der Waals surface area contributed by atoms with Crippen LogP contribution in [-0.4, -0.2) is 60.4 Å². The van der Waals surface area contributed by atoms with Crippen LogP contribution in [0, 0.1) is 5.92 Å². The van der Waals surface area contributed by atoms with E-state index in [0.717, 1.165) is 57.4 Å². The van der Waals surface area contributed by atoms with Gasteiger partial charge in [-0.25, -0.2) is 0 Å². The van der Waals surface area contributed by atoms with Crippen molar-refractivity contribution in [1.29, 1.82) is 0 Å². The normalized spacial score (nSPS) is 20.4. The predicted octanol–water partition coefficient (Wildman–Crippen LogP) is 2.49. The van der Waals surface area contributed by atoms with Gasteiger partial charge in [-0.3, -0.25) is 9.59 Å². The molecule has 1 N–H and O–H groups in total. The van der Waals surface area contributed by atoms with E-state index < -0.39 is 0 Å². The maximum Gasteiger partial charge on any atom is 0.245 e. The molecule has 3 rings (SSSR count). The summed E-state index contributed by atoms with van der Waals surface area (Å²) in [6.45, 7) is 6.53. The molecule has 0 saturated carbocycles. The second-order valence-electron chi connectivity index (χ2n) is 7.48. The van der Waals surface area contributed by atoms with Crippen LogP contribution in [0.1, 0.15) is 38.2 Å². The van der Waals surface area contributed by atoms with E-state index in [2.05, 4.69) is 12.2 Å². The zero-order valence-electron chi connectivity index (χ0n) is 16.2. The van der Waals surface area contributed by atoms with Crippen molar-refractivity contribution in [3.63, 3.8) is 0 Å². The Bertz CT molecular complexity index is 603. The van der Waals surface area contributed by atoms with Gasteiger partial charge in [0.25, 0.3) is 0 Å². The molecule has 1 aromatic rings. The molecule has 2 saturated heterocycles. The molecule has 27 heavy (non-hydrogen) atoms. The standard InChI is InChI=1S/C21H31N3O2.ClH/c1-2-22-16-18-10-13-23(14-11-18)21(26)19-9-6-12-24(19)20(25)15-17-7-4-3-5-8-17;/h3-5,7-8,18-19,22H,2,6,9-16H2,1H3;1H. The lowest BCUT2D eigenvalue weighted by Gasteiger charge is -2.35. The van der Waals surface area contributed by atoms with Gasteiger partial charge in [0.15, 0.2) is 0 Å². The van der Waals surface area contributed by atoms with E-state index in [-0.39, 0.29) is 30.3 Å². The van der Waals surface area contributed by atoms with Crippen LogP contribution < -0.4 is 5.32 Å². The van der Waals surface area contributed by atoms with Gasteiger partial charge >= 0.3 is 0 Å². The monoisotopic (exact) mass is 393 g/mol. The third kappa shape index (κ3) is 5.69. The Hall–Kier alpha value is -1.59. The highest BCUT2D eigenvalue weighted by molar-refractivity contribution is 5.89. The number of carbonyl (C=O) groups is 2. The average Bonchev–Trinajstić information content (AvgIpc) is 3.17. The number of piperidine rings is 1. The molecule has 2 aliphatic rings. The summed E-state index contributed by atoms with van der Waals surface area (Å²) < 4.78 is 0. The van der Waals surface area contributed by atoms with Gasteiger partial charge in [0.1, 0.15) is 6.04 Å². The van der Waals surface area contributed by atoms with Crippen molar-refractivity contribution < 1.29 is 9.59 Å². The van der Waals surface area contributed by atoms with Crippen LogP contribution in [0.2, 0.25) is 0 Å². The van der Waals surface area contributed by atoms with Crippen molar-refractivity contribution >= 4 is 24.2 Å². The van der Waals surface area contributed by atoms with Crippen molar-refractivity contribution in [3.05, 3.63) is 35.9 Å². The Morgan fingerprint density at radius 3 is 2.44 bits per heavy atom. The van der Waals surface area contributed by atoms with E-state index in [1.54, 1.807) is 0 Å². The minimum Gasteiger partial charge on any atom is -0.341 e. The predicted molar refractivity (Wildman–Crippen MR) is 110 cm³/mol. The first-order valence-corrected chi connectivity index (χ1v) is 10.0. The number of nitrogens with one attached hydrogen (secondary N) is 1. The highest BCUT2D eigenvalue weighted by Gasteiger charge is 2.37. The fourth-order valence-electron chi connectivity index (χ4n) is 4.11. The number of halogens is 1. The third-order valence-electron chi connectivity index (χ3n) is 5.67. The Labute approximate surface area is 168 Å². The van der Waals surface area contributed by atoms with Gasteiger partial charge in [-0.05, 0) is 50.3 Å². The highest BCUT2D eigenvalue weighted by Crippen LogP contribution is 2.24. The summed E-state index contributed by atoms with van der Waals surface area (Å²) in [6, 6.07) is 9.55. The Morgan fingerprint density at radius 1 is 1.07 bits per heavy atom. The van der Waals surface area contributed by atoms with Gasteiger partial charge in [0, 0.05) is 19.6 Å². The molecule has 6 heteroatoms. The highest BCUT2D eigenvalue weighted by atomic mass is 35.5. The molecule has 2 amide bonds. The molecule has 2 fully saturated rings. The smallest absolute Gasteiger partial charge is 0.245 e. The largest absolute Gasteiger partial charge is 0.341 e. The molecule has 0 radical (unpaired) electrons. The molecule has 0 aliphatic carbocycles. The number of hydrogen-bond donors (Lipinski definition) is 1. The van der Waals surface area contributed by atoms with Crippen molar-refractivity contribution in [3.8, 4) is 0 Å². The van der Waals surface area contributed by atoms with E-state index in [0.29, 0.717) is 18.9 Å². The van der Waals surface area contributed by atoms with Crippen LogP contribution >= 0.6 is 12.4 Å². The summed E-state index contributed by atoms with van der Waals surface area (Å²) in [5, 5.41) is 3.41.